The summed E-state index contributed by atoms with van der Waals surface area (Å²) in [6.07, 6.45) is 0.846. The van der Waals surface area contributed by atoms with Crippen LogP contribution in [0.15, 0.2) is 83.9 Å². The van der Waals surface area contributed by atoms with E-state index < -0.39 is 0 Å². The summed E-state index contributed by atoms with van der Waals surface area (Å²) in [5, 5.41) is 0.727. The number of ketones is 1. The molecule has 0 aromatic heterocycles. The van der Waals surface area contributed by atoms with Gasteiger partial charge in [0.15, 0.2) is 5.78 Å². The quantitative estimate of drug-likeness (QED) is 0.506. The van der Waals surface area contributed by atoms with Crippen LogP contribution in [-0.2, 0) is 4.79 Å². The summed E-state index contributed by atoms with van der Waals surface area (Å²) in [4.78, 5) is 18.2. The lowest BCUT2D eigenvalue weighted by molar-refractivity contribution is -0.118. The van der Waals surface area contributed by atoms with E-state index in [0.29, 0.717) is 5.75 Å². The van der Waals surface area contributed by atoms with Gasteiger partial charge in [0.25, 0.3) is 0 Å². The Kier molecular flexibility index (Phi) is 5.63. The van der Waals surface area contributed by atoms with Crippen molar-refractivity contribution in [2.24, 2.45) is 4.99 Å². The van der Waals surface area contributed by atoms with Gasteiger partial charge in [-0.3, -0.25) is 4.79 Å². The molecule has 0 amide bonds. The minimum atomic E-state index is -0.00287. The summed E-state index contributed by atoms with van der Waals surface area (Å²) in [5.74, 6) is 1.68. The van der Waals surface area contributed by atoms with E-state index in [1.54, 1.807) is 0 Å². The fourth-order valence-electron chi connectivity index (χ4n) is 3.35. The van der Waals surface area contributed by atoms with Crippen LogP contribution < -0.4 is 9.64 Å². The molecular formula is C24H21ClN2O2. The van der Waals surface area contributed by atoms with Crippen LogP contribution in [-0.4, -0.2) is 18.2 Å². The number of anilines is 1. The minimum absolute atomic E-state index is 0.00287. The van der Waals surface area contributed by atoms with Crippen LogP contribution in [0.25, 0.3) is 0 Å². The number of benzene rings is 3. The molecule has 0 N–H and O–H groups in total. The molecule has 1 aliphatic heterocycles. The lowest BCUT2D eigenvalue weighted by Crippen LogP contribution is -2.46. The van der Waals surface area contributed by atoms with Crippen LogP contribution in [0.1, 0.15) is 24.9 Å². The summed E-state index contributed by atoms with van der Waals surface area (Å²) < 4.78 is 5.49. The highest BCUT2D eigenvalue weighted by Gasteiger charge is 2.36. The topological polar surface area (TPSA) is 41.9 Å². The molecular weight excluding hydrogens is 384 g/mol. The molecule has 1 saturated heterocycles. The van der Waals surface area contributed by atoms with Crippen LogP contribution in [0.4, 0.5) is 11.4 Å². The fourth-order valence-corrected chi connectivity index (χ4v) is 3.48. The number of para-hydroxylation sites is 1. The first kappa shape index (κ1) is 19.2. The van der Waals surface area contributed by atoms with Gasteiger partial charge in [-0.25, -0.2) is 4.99 Å². The number of carbonyl (C=O) groups excluding carboxylic acids is 1. The number of aliphatic imine (C=N–C) groups is 1. The van der Waals surface area contributed by atoms with Crippen LogP contribution in [0.5, 0.6) is 5.75 Å². The van der Waals surface area contributed by atoms with Gasteiger partial charge in [0.2, 0.25) is 0 Å². The van der Waals surface area contributed by atoms with E-state index in [0.717, 1.165) is 28.7 Å². The summed E-state index contributed by atoms with van der Waals surface area (Å²) in [5.41, 5.74) is 3.16. The molecule has 1 aliphatic rings. The third-order valence-corrected chi connectivity index (χ3v) is 5.04. The number of hydrogen-bond donors (Lipinski definition) is 0. The summed E-state index contributed by atoms with van der Waals surface area (Å²) >= 11 is 6.06. The molecule has 4 rings (SSSR count). The number of amidine groups is 1. The summed E-state index contributed by atoms with van der Waals surface area (Å²) in [6.45, 7) is 1.59. The van der Waals surface area contributed by atoms with Crippen molar-refractivity contribution in [3.8, 4) is 5.75 Å². The van der Waals surface area contributed by atoms with Crippen molar-refractivity contribution in [3.05, 3.63) is 89.4 Å². The maximum atomic E-state index is 11.1. The van der Waals surface area contributed by atoms with E-state index in [1.165, 1.54) is 12.5 Å². The van der Waals surface area contributed by atoms with E-state index in [2.05, 4.69) is 17.0 Å². The smallest absolute Gasteiger partial charge is 0.167 e. The maximum Gasteiger partial charge on any atom is 0.167 e. The molecule has 1 unspecified atom stereocenters. The average Bonchev–Trinajstić information content (AvgIpc) is 2.72. The van der Waals surface area contributed by atoms with Gasteiger partial charge in [-0.1, -0.05) is 41.9 Å². The van der Waals surface area contributed by atoms with E-state index >= 15 is 0 Å². The molecule has 0 saturated carbocycles. The molecule has 0 spiro atoms. The van der Waals surface area contributed by atoms with Crippen molar-refractivity contribution in [2.45, 2.75) is 19.4 Å². The molecule has 4 nitrogen and oxygen atoms in total. The summed E-state index contributed by atoms with van der Waals surface area (Å²) in [6, 6.07) is 25.9. The Labute approximate surface area is 175 Å². The van der Waals surface area contributed by atoms with Crippen LogP contribution in [0.2, 0.25) is 5.02 Å². The van der Waals surface area contributed by atoms with Gasteiger partial charge in [-0.05, 0) is 61.0 Å². The van der Waals surface area contributed by atoms with Gasteiger partial charge >= 0.3 is 0 Å². The van der Waals surface area contributed by atoms with E-state index in [4.69, 9.17) is 21.3 Å². The molecule has 5 heteroatoms. The molecule has 29 heavy (non-hydrogen) atoms. The highest BCUT2D eigenvalue weighted by atomic mass is 35.5. The zero-order valence-corrected chi connectivity index (χ0v) is 16.8. The standard InChI is InChI=1S/C24H21ClN2O2/c1-17(28)16-29-22-13-11-21(12-14-22)27-23(18-7-9-19(25)10-8-18)15-24(27)26-20-5-3-2-4-6-20/h2-14,23H,15-16H2,1H3. The van der Waals surface area contributed by atoms with Gasteiger partial charge in [-0.2, -0.15) is 0 Å². The Morgan fingerprint density at radius 1 is 1.03 bits per heavy atom. The number of nitrogens with zero attached hydrogens (tertiary/aromatic N) is 2. The first-order chi connectivity index (χ1) is 14.1. The van der Waals surface area contributed by atoms with Gasteiger partial charge in [0.05, 0.1) is 11.7 Å². The van der Waals surface area contributed by atoms with Crippen molar-refractivity contribution in [3.63, 3.8) is 0 Å². The van der Waals surface area contributed by atoms with Crippen molar-refractivity contribution < 1.29 is 9.53 Å². The van der Waals surface area contributed by atoms with Crippen LogP contribution in [0, 0.1) is 0 Å². The van der Waals surface area contributed by atoms with Gasteiger partial charge in [0, 0.05) is 17.1 Å². The predicted octanol–water partition coefficient (Wildman–Crippen LogP) is 5.99. The van der Waals surface area contributed by atoms with E-state index in [-0.39, 0.29) is 18.4 Å². The molecule has 0 aliphatic carbocycles. The Hall–Kier alpha value is -3.11. The molecule has 3 aromatic rings. The number of ether oxygens (including phenoxy) is 1. The van der Waals surface area contributed by atoms with E-state index in [1.807, 2.05) is 66.7 Å². The van der Waals surface area contributed by atoms with Crippen molar-refractivity contribution in [1.29, 1.82) is 0 Å². The number of Topliss-reactive ketones (excluding diaryl/α,β-unsaturated/α-hetero) is 1. The Bertz CT molecular complexity index is 1020. The molecule has 0 bridgehead atoms. The molecule has 1 atom stereocenters. The zero-order chi connectivity index (χ0) is 20.2. The Morgan fingerprint density at radius 3 is 2.38 bits per heavy atom. The first-order valence-corrected chi connectivity index (χ1v) is 9.87. The maximum absolute atomic E-state index is 11.1. The second-order valence-electron chi connectivity index (χ2n) is 6.99. The minimum Gasteiger partial charge on any atom is -0.486 e. The monoisotopic (exact) mass is 404 g/mol. The zero-order valence-electron chi connectivity index (χ0n) is 16.1. The Balaban J connectivity index is 1.62. The largest absolute Gasteiger partial charge is 0.486 e. The van der Waals surface area contributed by atoms with Crippen molar-refractivity contribution >= 4 is 34.6 Å². The average molecular weight is 405 g/mol. The van der Waals surface area contributed by atoms with Gasteiger partial charge in [-0.15, -0.1) is 0 Å². The second-order valence-corrected chi connectivity index (χ2v) is 7.43. The lowest BCUT2D eigenvalue weighted by atomic mass is 9.92. The van der Waals surface area contributed by atoms with Crippen molar-refractivity contribution in [2.75, 3.05) is 11.5 Å². The van der Waals surface area contributed by atoms with Gasteiger partial charge in [0.1, 0.15) is 18.2 Å². The highest BCUT2D eigenvalue weighted by molar-refractivity contribution is 6.30. The molecule has 0 radical (unpaired) electrons. The number of carbonyl (C=O) groups is 1. The predicted molar refractivity (Wildman–Crippen MR) is 117 cm³/mol. The highest BCUT2D eigenvalue weighted by Crippen LogP contribution is 2.41. The van der Waals surface area contributed by atoms with Crippen LogP contribution >= 0.6 is 11.6 Å². The second kappa shape index (κ2) is 8.50. The number of hydrogen-bond acceptors (Lipinski definition) is 3. The Morgan fingerprint density at radius 2 is 1.72 bits per heavy atom. The van der Waals surface area contributed by atoms with Gasteiger partial charge < -0.3 is 9.64 Å². The third-order valence-electron chi connectivity index (χ3n) is 4.79. The van der Waals surface area contributed by atoms with Crippen molar-refractivity contribution in [1.82, 2.24) is 0 Å². The van der Waals surface area contributed by atoms with Crippen LogP contribution in [0.3, 0.4) is 0 Å². The third kappa shape index (κ3) is 4.49. The molecule has 146 valence electrons. The molecule has 3 aromatic carbocycles. The number of halogens is 1. The fraction of sp³-hybridized carbons (Fsp3) is 0.167. The first-order valence-electron chi connectivity index (χ1n) is 9.50. The SMILES string of the molecule is CC(=O)COc1ccc(N2C(=Nc3ccccc3)CC2c2ccc(Cl)cc2)cc1. The molecule has 1 fully saturated rings. The molecule has 1 heterocycles. The summed E-state index contributed by atoms with van der Waals surface area (Å²) in [7, 11) is 0. The lowest BCUT2D eigenvalue weighted by Gasteiger charge is -2.44. The number of rotatable bonds is 6. The normalized spacial score (nSPS) is 17.1. The van der Waals surface area contributed by atoms with E-state index in [9.17, 15) is 4.79 Å².